The zero-order chi connectivity index (χ0) is 11.3. The Hall–Kier alpha value is -1.01. The molecule has 0 aliphatic rings. The van der Waals surface area contributed by atoms with E-state index in [0.29, 0.717) is 4.99 Å². The fourth-order valence-electron chi connectivity index (χ4n) is 1.31. The first-order valence-corrected chi connectivity index (χ1v) is 5.38. The Balaban J connectivity index is 2.42. The molecule has 84 valence electrons. The number of thiocarbonyl (C=S) groups is 1. The highest BCUT2D eigenvalue weighted by Crippen LogP contribution is 2.00. The van der Waals surface area contributed by atoms with E-state index in [-0.39, 0.29) is 0 Å². The lowest BCUT2D eigenvalue weighted by molar-refractivity contribution is 0.285. The molecule has 2 N–H and O–H groups in total. The maximum Gasteiger partial charge on any atom is 0.0967 e. The number of aromatic nitrogens is 3. The van der Waals surface area contributed by atoms with Crippen molar-refractivity contribution in [1.29, 1.82) is 0 Å². The Labute approximate surface area is 95.2 Å². The summed E-state index contributed by atoms with van der Waals surface area (Å²) in [5.74, 6) is 0. The quantitative estimate of drug-likeness (QED) is 0.709. The van der Waals surface area contributed by atoms with Crippen molar-refractivity contribution in [2.75, 3.05) is 13.1 Å². The van der Waals surface area contributed by atoms with Crippen molar-refractivity contribution < 1.29 is 0 Å². The minimum absolute atomic E-state index is 0.563. The lowest BCUT2D eigenvalue weighted by atomic mass is 10.3. The second kappa shape index (κ2) is 5.77. The summed E-state index contributed by atoms with van der Waals surface area (Å²) in [4.78, 5) is 2.80. The first-order chi connectivity index (χ1) is 7.11. The largest absolute Gasteiger partial charge is 0.393 e. The van der Waals surface area contributed by atoms with E-state index >= 15 is 0 Å². The highest BCUT2D eigenvalue weighted by Gasteiger charge is 2.06. The maximum atomic E-state index is 5.47. The average Bonchev–Trinajstić information content (AvgIpc) is 2.58. The summed E-state index contributed by atoms with van der Waals surface area (Å²) in [7, 11) is 1.86. The molecule has 0 spiro atoms. The Kier molecular flexibility index (Phi) is 4.64. The molecule has 0 fully saturated rings. The molecule has 0 amide bonds. The van der Waals surface area contributed by atoms with Crippen LogP contribution in [0.25, 0.3) is 0 Å². The molecule has 1 aromatic rings. The van der Waals surface area contributed by atoms with Crippen LogP contribution in [0.15, 0.2) is 6.20 Å². The summed E-state index contributed by atoms with van der Waals surface area (Å²) in [6.07, 6.45) is 2.67. The van der Waals surface area contributed by atoms with Crippen LogP contribution in [0.3, 0.4) is 0 Å². The molecule has 1 heterocycles. The van der Waals surface area contributed by atoms with Crippen LogP contribution in [0.4, 0.5) is 0 Å². The normalized spacial score (nSPS) is 10.9. The maximum absolute atomic E-state index is 5.47. The molecular formula is C9H17N5S. The number of aryl methyl sites for hydroxylation is 1. The van der Waals surface area contributed by atoms with Gasteiger partial charge in [-0.25, -0.2) is 0 Å². The van der Waals surface area contributed by atoms with Crippen LogP contribution in [-0.4, -0.2) is 38.0 Å². The summed E-state index contributed by atoms with van der Waals surface area (Å²) in [5.41, 5.74) is 6.44. The van der Waals surface area contributed by atoms with Crippen LogP contribution < -0.4 is 5.73 Å². The van der Waals surface area contributed by atoms with Crippen LogP contribution >= 0.6 is 12.2 Å². The van der Waals surface area contributed by atoms with Crippen LogP contribution in [0, 0.1) is 0 Å². The van der Waals surface area contributed by atoms with Crippen molar-refractivity contribution in [2.24, 2.45) is 12.8 Å². The van der Waals surface area contributed by atoms with E-state index < -0.39 is 0 Å². The second-order valence-electron chi connectivity index (χ2n) is 3.47. The van der Waals surface area contributed by atoms with E-state index in [1.54, 1.807) is 4.68 Å². The Morgan fingerprint density at radius 3 is 2.87 bits per heavy atom. The number of hydrogen-bond donors (Lipinski definition) is 1. The highest BCUT2D eigenvalue weighted by molar-refractivity contribution is 7.80. The molecule has 0 aromatic carbocycles. The summed E-state index contributed by atoms with van der Waals surface area (Å²) in [5, 5.41) is 7.93. The van der Waals surface area contributed by atoms with E-state index in [4.69, 9.17) is 18.0 Å². The van der Waals surface area contributed by atoms with Gasteiger partial charge in [0.15, 0.2) is 0 Å². The van der Waals surface area contributed by atoms with Gasteiger partial charge in [0.25, 0.3) is 0 Å². The van der Waals surface area contributed by atoms with E-state index in [2.05, 4.69) is 22.1 Å². The minimum Gasteiger partial charge on any atom is -0.393 e. The number of nitrogens with two attached hydrogens (primary N) is 1. The molecule has 0 bridgehead atoms. The second-order valence-corrected chi connectivity index (χ2v) is 3.99. The molecule has 0 unspecified atom stereocenters. The van der Waals surface area contributed by atoms with Crippen molar-refractivity contribution in [3.8, 4) is 0 Å². The van der Waals surface area contributed by atoms with Gasteiger partial charge in [0.05, 0.1) is 10.7 Å². The number of hydrogen-bond acceptors (Lipinski definition) is 4. The molecule has 0 aliphatic carbocycles. The number of rotatable bonds is 6. The third kappa shape index (κ3) is 4.35. The van der Waals surface area contributed by atoms with Gasteiger partial charge < -0.3 is 5.73 Å². The van der Waals surface area contributed by atoms with Crippen LogP contribution in [0.5, 0.6) is 0 Å². The fraction of sp³-hybridized carbons (Fsp3) is 0.667. The van der Waals surface area contributed by atoms with Crippen LogP contribution in [0.1, 0.15) is 19.0 Å². The Bertz CT molecular complexity index is 322. The van der Waals surface area contributed by atoms with Gasteiger partial charge in [0.1, 0.15) is 0 Å². The van der Waals surface area contributed by atoms with Gasteiger partial charge in [-0.2, -0.15) is 0 Å². The number of nitrogens with zero attached hydrogens (tertiary/aromatic N) is 4. The molecule has 0 atom stereocenters. The van der Waals surface area contributed by atoms with E-state index in [1.807, 2.05) is 13.2 Å². The van der Waals surface area contributed by atoms with Crippen molar-refractivity contribution >= 4 is 17.2 Å². The molecule has 0 saturated heterocycles. The van der Waals surface area contributed by atoms with Gasteiger partial charge in [-0.05, 0) is 6.54 Å². The Morgan fingerprint density at radius 1 is 1.67 bits per heavy atom. The van der Waals surface area contributed by atoms with Crippen LogP contribution in [-0.2, 0) is 13.6 Å². The molecule has 6 heteroatoms. The first kappa shape index (κ1) is 12.1. The average molecular weight is 227 g/mol. The molecule has 1 rings (SSSR count). The van der Waals surface area contributed by atoms with Crippen molar-refractivity contribution in [3.63, 3.8) is 0 Å². The highest BCUT2D eigenvalue weighted by atomic mass is 32.1. The van der Waals surface area contributed by atoms with E-state index in [0.717, 1.165) is 31.7 Å². The standard InChI is InChI=1S/C9H17N5S/c1-3-14(5-4-9(10)15)7-8-6-13(2)12-11-8/h6H,3-5,7H2,1-2H3,(H2,10,15). The Morgan fingerprint density at radius 2 is 2.40 bits per heavy atom. The molecular weight excluding hydrogens is 210 g/mol. The third-order valence-electron chi connectivity index (χ3n) is 2.16. The predicted molar refractivity (Wildman–Crippen MR) is 63.4 cm³/mol. The summed E-state index contributed by atoms with van der Waals surface area (Å²) >= 11 is 4.85. The summed E-state index contributed by atoms with van der Waals surface area (Å²) < 4.78 is 1.71. The van der Waals surface area contributed by atoms with E-state index in [1.165, 1.54) is 0 Å². The van der Waals surface area contributed by atoms with Gasteiger partial charge in [-0.15, -0.1) is 5.10 Å². The van der Waals surface area contributed by atoms with Gasteiger partial charge in [-0.1, -0.05) is 24.4 Å². The lowest BCUT2D eigenvalue weighted by Gasteiger charge is -2.18. The predicted octanol–water partition coefficient (Wildman–Crippen LogP) is 0.313. The topological polar surface area (TPSA) is 60.0 Å². The molecule has 5 nitrogen and oxygen atoms in total. The first-order valence-electron chi connectivity index (χ1n) is 4.97. The van der Waals surface area contributed by atoms with Gasteiger partial charge in [0.2, 0.25) is 0 Å². The van der Waals surface area contributed by atoms with Gasteiger partial charge in [0, 0.05) is 32.8 Å². The third-order valence-corrected chi connectivity index (χ3v) is 2.36. The zero-order valence-corrected chi connectivity index (χ0v) is 10.00. The minimum atomic E-state index is 0.563. The van der Waals surface area contributed by atoms with Crippen LogP contribution in [0.2, 0.25) is 0 Å². The molecule has 0 aliphatic heterocycles. The van der Waals surface area contributed by atoms with Crippen molar-refractivity contribution in [1.82, 2.24) is 19.9 Å². The summed E-state index contributed by atoms with van der Waals surface area (Å²) in [6.45, 7) is 4.74. The summed E-state index contributed by atoms with van der Waals surface area (Å²) in [6, 6.07) is 0. The van der Waals surface area contributed by atoms with Gasteiger partial charge >= 0.3 is 0 Å². The lowest BCUT2D eigenvalue weighted by Crippen LogP contribution is -2.27. The smallest absolute Gasteiger partial charge is 0.0967 e. The monoisotopic (exact) mass is 227 g/mol. The molecule has 1 aromatic heterocycles. The zero-order valence-electron chi connectivity index (χ0n) is 9.18. The SMILES string of the molecule is CCN(CCC(N)=S)Cc1cn(C)nn1. The molecule has 0 radical (unpaired) electrons. The van der Waals surface area contributed by atoms with E-state index in [9.17, 15) is 0 Å². The molecule has 15 heavy (non-hydrogen) atoms. The fourth-order valence-corrected chi connectivity index (χ4v) is 1.41. The van der Waals surface area contributed by atoms with Crippen molar-refractivity contribution in [2.45, 2.75) is 19.9 Å². The van der Waals surface area contributed by atoms with Gasteiger partial charge in [-0.3, -0.25) is 9.58 Å². The molecule has 0 saturated carbocycles. The van der Waals surface area contributed by atoms with Crippen molar-refractivity contribution in [3.05, 3.63) is 11.9 Å².